The maximum Gasteiger partial charge on any atom is 0.345 e. The molecule has 2 heterocycles. The molecule has 1 N–H and O–H groups in total. The van der Waals surface area contributed by atoms with Crippen molar-refractivity contribution in [2.24, 2.45) is 0 Å². The molecule has 1 saturated heterocycles. The highest BCUT2D eigenvalue weighted by Crippen LogP contribution is 2.26. The van der Waals surface area contributed by atoms with Crippen molar-refractivity contribution in [2.75, 3.05) is 33.4 Å². The lowest BCUT2D eigenvalue weighted by Gasteiger charge is -2.30. The maximum absolute atomic E-state index is 12.4. The van der Waals surface area contributed by atoms with Crippen LogP contribution < -0.4 is 11.0 Å². The second kappa shape index (κ2) is 8.14. The van der Waals surface area contributed by atoms with Gasteiger partial charge in [0.15, 0.2) is 0 Å². The van der Waals surface area contributed by atoms with Crippen LogP contribution in [0, 0.1) is 0 Å². The van der Waals surface area contributed by atoms with Crippen LogP contribution in [0.25, 0.3) is 0 Å². The number of carbonyl (C=O) groups is 1. The fraction of sp³-hybridized carbons (Fsp3) is 0.824. The highest BCUT2D eigenvalue weighted by molar-refractivity contribution is 5.78. The number of nitrogens with one attached hydrogen (secondary N) is 1. The van der Waals surface area contributed by atoms with E-state index in [0.717, 1.165) is 44.6 Å². The number of methoxy groups -OCH3 is 1. The summed E-state index contributed by atoms with van der Waals surface area (Å²) < 4.78 is 8.34. The summed E-state index contributed by atoms with van der Waals surface area (Å²) in [7, 11) is 1.62. The topological polar surface area (TPSA) is 81.4 Å². The van der Waals surface area contributed by atoms with Gasteiger partial charge in [-0.2, -0.15) is 5.10 Å². The van der Waals surface area contributed by atoms with E-state index in [2.05, 4.69) is 15.3 Å². The first-order valence-corrected chi connectivity index (χ1v) is 9.30. The third-order valence-electron chi connectivity index (χ3n) is 5.04. The van der Waals surface area contributed by atoms with Gasteiger partial charge in [-0.3, -0.25) is 14.3 Å². The molecular formula is C17H29N5O3. The average Bonchev–Trinajstić information content (AvgIpc) is 3.36. The number of aromatic nitrogens is 3. The molecule has 0 radical (unpaired) electrons. The highest BCUT2D eigenvalue weighted by atomic mass is 16.5. The van der Waals surface area contributed by atoms with Crippen LogP contribution in [0.3, 0.4) is 0 Å². The Labute approximate surface area is 148 Å². The zero-order valence-corrected chi connectivity index (χ0v) is 15.2. The van der Waals surface area contributed by atoms with Gasteiger partial charge in [-0.15, -0.1) is 0 Å². The number of ether oxygens (including phenoxy) is 1. The van der Waals surface area contributed by atoms with Gasteiger partial charge in [-0.05, 0) is 45.7 Å². The molecule has 8 heteroatoms. The molecule has 0 aromatic carbocycles. The molecule has 0 spiro atoms. The molecule has 1 aliphatic carbocycles. The zero-order chi connectivity index (χ0) is 17.8. The molecule has 1 aromatic rings. The van der Waals surface area contributed by atoms with Crippen LogP contribution in [0.2, 0.25) is 0 Å². The Bertz CT molecular complexity index is 641. The van der Waals surface area contributed by atoms with Crippen LogP contribution in [0.15, 0.2) is 4.79 Å². The highest BCUT2D eigenvalue weighted by Gasteiger charge is 2.28. The van der Waals surface area contributed by atoms with E-state index in [-0.39, 0.29) is 17.5 Å². The summed E-state index contributed by atoms with van der Waals surface area (Å²) in [4.78, 5) is 26.6. The molecule has 1 aromatic heterocycles. The van der Waals surface area contributed by atoms with Gasteiger partial charge < -0.3 is 10.1 Å². The Morgan fingerprint density at radius 2 is 2.00 bits per heavy atom. The number of nitrogens with zero attached hydrogens (tertiary/aromatic N) is 4. The number of hydrogen-bond acceptors (Lipinski definition) is 5. The number of likely N-dealkylation sites (tertiary alicyclic amines) is 1. The Morgan fingerprint density at radius 3 is 2.60 bits per heavy atom. The molecule has 25 heavy (non-hydrogen) atoms. The first kappa shape index (κ1) is 18.1. The lowest BCUT2D eigenvalue weighted by Crippen LogP contribution is -2.42. The van der Waals surface area contributed by atoms with Crippen molar-refractivity contribution >= 4 is 5.91 Å². The van der Waals surface area contributed by atoms with Gasteiger partial charge in [0.1, 0.15) is 5.82 Å². The number of amides is 1. The van der Waals surface area contributed by atoms with Crippen molar-refractivity contribution in [3.63, 3.8) is 0 Å². The summed E-state index contributed by atoms with van der Waals surface area (Å²) in [6.07, 6.45) is 4.09. The lowest BCUT2D eigenvalue weighted by molar-refractivity contribution is -0.122. The summed E-state index contributed by atoms with van der Waals surface area (Å²) in [6, 6.07) is 0.417. The van der Waals surface area contributed by atoms with Crippen LogP contribution >= 0.6 is 0 Å². The quantitative estimate of drug-likeness (QED) is 0.722. The second-order valence-corrected chi connectivity index (χ2v) is 6.99. The fourth-order valence-corrected chi connectivity index (χ4v) is 3.43. The molecule has 2 aliphatic rings. The van der Waals surface area contributed by atoms with Crippen LogP contribution in [0.4, 0.5) is 0 Å². The smallest absolute Gasteiger partial charge is 0.345 e. The Hall–Kier alpha value is -1.67. The summed E-state index contributed by atoms with van der Waals surface area (Å²) in [5.74, 6) is 1.29. The minimum Gasteiger partial charge on any atom is -0.383 e. The van der Waals surface area contributed by atoms with Crippen molar-refractivity contribution in [2.45, 2.75) is 57.7 Å². The molecule has 0 atom stereocenters. The molecule has 0 bridgehead atoms. The van der Waals surface area contributed by atoms with Gasteiger partial charge in [0.2, 0.25) is 5.91 Å². The minimum atomic E-state index is -0.0548. The molecule has 0 unspecified atom stereocenters. The number of hydrogen-bond donors (Lipinski definition) is 1. The molecule has 1 saturated carbocycles. The third kappa shape index (κ3) is 4.49. The summed E-state index contributed by atoms with van der Waals surface area (Å²) in [5, 5.41) is 7.60. The van der Waals surface area contributed by atoms with E-state index in [4.69, 9.17) is 4.74 Å². The molecule has 140 valence electrons. The largest absolute Gasteiger partial charge is 0.383 e. The van der Waals surface area contributed by atoms with Crippen molar-refractivity contribution in [1.29, 1.82) is 0 Å². The van der Waals surface area contributed by atoms with Crippen LogP contribution in [0.1, 0.15) is 44.3 Å². The predicted octanol–water partition coefficient (Wildman–Crippen LogP) is 0.169. The average molecular weight is 351 g/mol. The van der Waals surface area contributed by atoms with Gasteiger partial charge in [0, 0.05) is 25.6 Å². The summed E-state index contributed by atoms with van der Waals surface area (Å²) in [6.45, 7) is 5.78. The lowest BCUT2D eigenvalue weighted by atomic mass is 9.96. The van der Waals surface area contributed by atoms with E-state index in [1.54, 1.807) is 11.7 Å². The molecule has 3 rings (SSSR count). The van der Waals surface area contributed by atoms with Crippen LogP contribution in [-0.4, -0.2) is 64.5 Å². The Kier molecular flexibility index (Phi) is 5.90. The molecule has 1 aliphatic heterocycles. The van der Waals surface area contributed by atoms with Gasteiger partial charge in [0.25, 0.3) is 0 Å². The number of piperidine rings is 1. The van der Waals surface area contributed by atoms with E-state index in [9.17, 15) is 9.59 Å². The number of rotatable bonds is 8. The molecule has 2 fully saturated rings. The van der Waals surface area contributed by atoms with Crippen molar-refractivity contribution in [3.8, 4) is 0 Å². The van der Waals surface area contributed by atoms with Crippen LogP contribution in [-0.2, 0) is 22.6 Å². The first-order valence-electron chi connectivity index (χ1n) is 9.30. The van der Waals surface area contributed by atoms with Crippen molar-refractivity contribution < 1.29 is 9.53 Å². The standard InChI is InChI=1S/C17H29N5O3/c1-3-21-16(19-22(17(21)24)10-11-25-2)13-6-8-20(9-7-13)12-15(23)18-14-4-5-14/h13-14H,3-12H2,1-2H3,(H,18,23). The predicted molar refractivity (Wildman–Crippen MR) is 93.6 cm³/mol. The van der Waals surface area contributed by atoms with E-state index in [1.165, 1.54) is 4.68 Å². The second-order valence-electron chi connectivity index (χ2n) is 6.99. The minimum absolute atomic E-state index is 0.0548. The van der Waals surface area contributed by atoms with Gasteiger partial charge in [-0.1, -0.05) is 0 Å². The van der Waals surface area contributed by atoms with E-state index in [1.807, 2.05) is 6.92 Å². The maximum atomic E-state index is 12.4. The summed E-state index contributed by atoms with van der Waals surface area (Å²) >= 11 is 0. The van der Waals surface area contributed by atoms with Crippen molar-refractivity contribution in [3.05, 3.63) is 16.3 Å². The normalized spacial score (nSPS) is 19.3. The van der Waals surface area contributed by atoms with Gasteiger partial charge in [0.05, 0.1) is 19.7 Å². The van der Waals surface area contributed by atoms with Crippen LogP contribution in [0.5, 0.6) is 0 Å². The Balaban J connectivity index is 1.58. The Morgan fingerprint density at radius 1 is 1.28 bits per heavy atom. The van der Waals surface area contributed by atoms with Gasteiger partial charge in [-0.25, -0.2) is 9.48 Å². The van der Waals surface area contributed by atoms with Gasteiger partial charge >= 0.3 is 5.69 Å². The molecule has 8 nitrogen and oxygen atoms in total. The van der Waals surface area contributed by atoms with E-state index >= 15 is 0 Å². The monoisotopic (exact) mass is 351 g/mol. The fourth-order valence-electron chi connectivity index (χ4n) is 3.43. The zero-order valence-electron chi connectivity index (χ0n) is 15.2. The van der Waals surface area contributed by atoms with E-state index < -0.39 is 0 Å². The van der Waals surface area contributed by atoms with Crippen molar-refractivity contribution in [1.82, 2.24) is 24.6 Å². The SMILES string of the molecule is CCn1c(C2CCN(CC(=O)NC3CC3)CC2)nn(CCOC)c1=O. The molecule has 1 amide bonds. The number of carbonyl (C=O) groups excluding carboxylic acids is 1. The first-order chi connectivity index (χ1) is 12.1. The third-order valence-corrected chi connectivity index (χ3v) is 5.04. The molecular weight excluding hydrogens is 322 g/mol. The summed E-state index contributed by atoms with van der Waals surface area (Å²) in [5.41, 5.74) is -0.0548. The van der Waals surface area contributed by atoms with E-state index in [0.29, 0.717) is 32.3 Å².